The van der Waals surface area contributed by atoms with Gasteiger partial charge in [-0.3, -0.25) is 4.79 Å². The van der Waals surface area contributed by atoms with Gasteiger partial charge in [0.1, 0.15) is 10.8 Å². The summed E-state index contributed by atoms with van der Waals surface area (Å²) in [7, 11) is 0. The summed E-state index contributed by atoms with van der Waals surface area (Å²) < 4.78 is 39.1. The molecular formula is C22H22Cl2F3N3O. The number of nitrogens with zero attached hydrogens (tertiary/aromatic N) is 3. The van der Waals surface area contributed by atoms with Gasteiger partial charge in [0.15, 0.2) is 0 Å². The van der Waals surface area contributed by atoms with Crippen LogP contribution < -0.4 is 0 Å². The standard InChI is InChI=1S/C22H22Cl2F3N3O/c23-18-13-17(14-4-3-5-15(12-14)22(25,26)27)20(24)28-19(18)21(31)30-10-6-16(7-11-30)29-8-1-2-9-29/h3-5,12-13,16H,1-2,6-11H2. The molecule has 9 heteroatoms. The third kappa shape index (κ3) is 4.83. The molecule has 1 amide bonds. The number of carbonyl (C=O) groups excluding carboxylic acids is 1. The van der Waals surface area contributed by atoms with Gasteiger partial charge in [0.05, 0.1) is 10.6 Å². The molecule has 4 rings (SSSR count). The largest absolute Gasteiger partial charge is 0.416 e. The van der Waals surface area contributed by atoms with Gasteiger partial charge in [-0.25, -0.2) is 4.98 Å². The van der Waals surface area contributed by atoms with Gasteiger partial charge in [0.25, 0.3) is 5.91 Å². The van der Waals surface area contributed by atoms with E-state index in [0.717, 1.165) is 38.1 Å². The molecular weight excluding hydrogens is 450 g/mol. The third-order valence-corrected chi connectivity index (χ3v) is 6.62. The lowest BCUT2D eigenvalue weighted by Crippen LogP contribution is -2.46. The monoisotopic (exact) mass is 471 g/mol. The Morgan fingerprint density at radius 3 is 2.35 bits per heavy atom. The molecule has 0 N–H and O–H groups in total. The van der Waals surface area contributed by atoms with E-state index in [9.17, 15) is 18.0 Å². The lowest BCUT2D eigenvalue weighted by Gasteiger charge is -2.36. The molecule has 4 nitrogen and oxygen atoms in total. The zero-order valence-electron chi connectivity index (χ0n) is 16.8. The highest BCUT2D eigenvalue weighted by atomic mass is 35.5. The van der Waals surface area contributed by atoms with Gasteiger partial charge in [-0.05, 0) is 62.5 Å². The Hall–Kier alpha value is -1.83. The van der Waals surface area contributed by atoms with Crippen molar-refractivity contribution in [3.05, 3.63) is 51.8 Å². The minimum atomic E-state index is -4.48. The smallest absolute Gasteiger partial charge is 0.337 e. The van der Waals surface area contributed by atoms with E-state index in [-0.39, 0.29) is 32.9 Å². The van der Waals surface area contributed by atoms with Crippen LogP contribution in [-0.2, 0) is 6.18 Å². The average Bonchev–Trinajstić information content (AvgIpc) is 3.29. The van der Waals surface area contributed by atoms with Crippen LogP contribution in [0.15, 0.2) is 30.3 Å². The number of halogens is 5. The summed E-state index contributed by atoms with van der Waals surface area (Å²) >= 11 is 12.6. The molecule has 0 atom stereocenters. The molecule has 166 valence electrons. The number of piperidine rings is 1. The Kier molecular flexibility index (Phi) is 6.47. The predicted octanol–water partition coefficient (Wildman–Crippen LogP) is 5.77. The molecule has 3 heterocycles. The lowest BCUT2D eigenvalue weighted by atomic mass is 10.0. The van der Waals surface area contributed by atoms with Crippen LogP contribution in [0.5, 0.6) is 0 Å². The van der Waals surface area contributed by atoms with Crippen LogP contribution in [0.2, 0.25) is 10.2 Å². The molecule has 1 aromatic carbocycles. The quantitative estimate of drug-likeness (QED) is 0.532. The van der Waals surface area contributed by atoms with Crippen molar-refractivity contribution in [2.45, 2.75) is 37.9 Å². The number of rotatable bonds is 3. The van der Waals surface area contributed by atoms with E-state index in [1.165, 1.54) is 31.0 Å². The van der Waals surface area contributed by atoms with Crippen molar-refractivity contribution in [1.29, 1.82) is 0 Å². The molecule has 1 aromatic heterocycles. The molecule has 2 aliphatic rings. The molecule has 0 aliphatic carbocycles. The maximum atomic E-state index is 13.0. The van der Waals surface area contributed by atoms with Crippen LogP contribution in [-0.4, -0.2) is 52.9 Å². The molecule has 2 aliphatic heterocycles. The lowest BCUT2D eigenvalue weighted by molar-refractivity contribution is -0.137. The Morgan fingerprint density at radius 2 is 1.71 bits per heavy atom. The van der Waals surface area contributed by atoms with Gasteiger partial charge in [-0.15, -0.1) is 0 Å². The highest BCUT2D eigenvalue weighted by Crippen LogP contribution is 2.36. The van der Waals surface area contributed by atoms with E-state index in [1.54, 1.807) is 4.90 Å². The summed E-state index contributed by atoms with van der Waals surface area (Å²) in [6.07, 6.45) is -0.208. The fourth-order valence-electron chi connectivity index (χ4n) is 4.37. The third-order valence-electron chi connectivity index (χ3n) is 6.04. The summed E-state index contributed by atoms with van der Waals surface area (Å²) in [6, 6.07) is 6.68. The van der Waals surface area contributed by atoms with E-state index in [1.807, 2.05) is 0 Å². The fraction of sp³-hybridized carbons (Fsp3) is 0.455. The Morgan fingerprint density at radius 1 is 1.03 bits per heavy atom. The van der Waals surface area contributed by atoms with Crippen molar-refractivity contribution in [2.75, 3.05) is 26.2 Å². The molecule has 2 fully saturated rings. The number of benzene rings is 1. The first-order valence-corrected chi connectivity index (χ1v) is 11.1. The van der Waals surface area contributed by atoms with Gasteiger partial charge in [-0.1, -0.05) is 35.3 Å². The van der Waals surface area contributed by atoms with Crippen molar-refractivity contribution in [2.24, 2.45) is 0 Å². The van der Waals surface area contributed by atoms with Crippen molar-refractivity contribution in [3.63, 3.8) is 0 Å². The number of alkyl halides is 3. The number of hydrogen-bond acceptors (Lipinski definition) is 3. The average molecular weight is 472 g/mol. The van der Waals surface area contributed by atoms with Crippen LogP contribution in [0.3, 0.4) is 0 Å². The van der Waals surface area contributed by atoms with Crippen LogP contribution >= 0.6 is 23.2 Å². The molecule has 0 bridgehead atoms. The summed E-state index contributed by atoms with van der Waals surface area (Å²) in [6.45, 7) is 3.48. The zero-order valence-corrected chi connectivity index (χ0v) is 18.3. The van der Waals surface area contributed by atoms with E-state index in [0.29, 0.717) is 19.1 Å². The van der Waals surface area contributed by atoms with Crippen molar-refractivity contribution < 1.29 is 18.0 Å². The van der Waals surface area contributed by atoms with Crippen molar-refractivity contribution in [3.8, 4) is 11.1 Å². The number of hydrogen-bond donors (Lipinski definition) is 0. The van der Waals surface area contributed by atoms with Crippen LogP contribution in [0, 0.1) is 0 Å². The minimum Gasteiger partial charge on any atom is -0.337 e. The maximum absolute atomic E-state index is 13.0. The molecule has 0 unspecified atom stereocenters. The van der Waals surface area contributed by atoms with E-state index in [4.69, 9.17) is 23.2 Å². The summed E-state index contributed by atoms with van der Waals surface area (Å²) in [4.78, 5) is 21.4. The number of pyridine rings is 1. The van der Waals surface area contributed by atoms with Gasteiger partial charge in [0.2, 0.25) is 0 Å². The Labute approximate surface area is 188 Å². The first-order chi connectivity index (χ1) is 14.7. The van der Waals surface area contributed by atoms with Crippen molar-refractivity contribution >= 4 is 29.1 Å². The predicted molar refractivity (Wildman–Crippen MR) is 114 cm³/mol. The molecule has 2 aromatic rings. The van der Waals surface area contributed by atoms with Crippen LogP contribution in [0.25, 0.3) is 11.1 Å². The second kappa shape index (κ2) is 8.96. The van der Waals surface area contributed by atoms with Gasteiger partial charge in [-0.2, -0.15) is 13.2 Å². The Balaban J connectivity index is 1.52. The number of likely N-dealkylation sites (tertiary alicyclic amines) is 2. The number of aromatic nitrogens is 1. The van der Waals surface area contributed by atoms with Crippen LogP contribution in [0.1, 0.15) is 41.7 Å². The first-order valence-electron chi connectivity index (χ1n) is 10.3. The topological polar surface area (TPSA) is 36.4 Å². The maximum Gasteiger partial charge on any atom is 0.416 e. The second-order valence-corrected chi connectivity index (χ2v) is 8.77. The second-order valence-electron chi connectivity index (χ2n) is 8.00. The van der Waals surface area contributed by atoms with Gasteiger partial charge < -0.3 is 9.80 Å². The number of amides is 1. The summed E-state index contributed by atoms with van der Waals surface area (Å²) in [5.74, 6) is -0.303. The van der Waals surface area contributed by atoms with E-state index < -0.39 is 11.7 Å². The molecule has 31 heavy (non-hydrogen) atoms. The molecule has 0 spiro atoms. The van der Waals surface area contributed by atoms with Crippen molar-refractivity contribution in [1.82, 2.24) is 14.8 Å². The normalized spacial score (nSPS) is 18.5. The van der Waals surface area contributed by atoms with Gasteiger partial charge >= 0.3 is 6.18 Å². The van der Waals surface area contributed by atoms with E-state index >= 15 is 0 Å². The minimum absolute atomic E-state index is 0.0296. The van der Waals surface area contributed by atoms with Crippen LogP contribution in [0.4, 0.5) is 13.2 Å². The SMILES string of the molecule is O=C(c1nc(Cl)c(-c2cccc(C(F)(F)F)c2)cc1Cl)N1CCC(N2CCCC2)CC1. The zero-order chi connectivity index (χ0) is 22.2. The highest BCUT2D eigenvalue weighted by molar-refractivity contribution is 6.36. The molecule has 2 saturated heterocycles. The molecule has 0 saturated carbocycles. The summed E-state index contributed by atoms with van der Waals surface area (Å²) in [5.41, 5.74) is -0.276. The number of carbonyl (C=O) groups is 1. The fourth-order valence-corrected chi connectivity index (χ4v) is 4.85. The highest BCUT2D eigenvalue weighted by Gasteiger charge is 2.32. The van der Waals surface area contributed by atoms with E-state index in [2.05, 4.69) is 9.88 Å². The molecule has 0 radical (unpaired) electrons. The summed E-state index contributed by atoms with van der Waals surface area (Å²) in [5, 5.41) is 0.0162. The first kappa shape index (κ1) is 22.4. The Bertz CT molecular complexity index is 969. The van der Waals surface area contributed by atoms with Gasteiger partial charge in [0, 0.05) is 24.7 Å².